The molecule has 1 rings (SSSR count). The second-order valence-corrected chi connectivity index (χ2v) is 4.79. The van der Waals surface area contributed by atoms with Crippen LogP contribution in [-0.2, 0) is 4.79 Å². The van der Waals surface area contributed by atoms with Gasteiger partial charge in [-0.15, -0.1) is 0 Å². The number of anilines is 1. The molecular formula is C13H19FN2O2. The van der Waals surface area contributed by atoms with E-state index in [2.05, 4.69) is 5.32 Å². The van der Waals surface area contributed by atoms with Crippen molar-refractivity contribution in [3.63, 3.8) is 0 Å². The van der Waals surface area contributed by atoms with Crippen LogP contribution in [-0.4, -0.2) is 18.1 Å². The molecule has 5 heteroatoms. The fourth-order valence-corrected chi connectivity index (χ4v) is 1.47. The normalized spacial score (nSPS) is 11.2. The number of carbonyl (C=O) groups is 1. The van der Waals surface area contributed by atoms with Crippen LogP contribution in [0.4, 0.5) is 10.1 Å². The van der Waals surface area contributed by atoms with Gasteiger partial charge in [-0.3, -0.25) is 4.79 Å². The lowest BCUT2D eigenvalue weighted by atomic mass is 10.0. The summed E-state index contributed by atoms with van der Waals surface area (Å²) < 4.78 is 18.6. The Hall–Kier alpha value is -1.62. The summed E-state index contributed by atoms with van der Waals surface area (Å²) in [6.07, 6.45) is 0.168. The van der Waals surface area contributed by atoms with E-state index >= 15 is 0 Å². The summed E-state index contributed by atoms with van der Waals surface area (Å²) in [6.45, 7) is 5.68. The van der Waals surface area contributed by atoms with Gasteiger partial charge in [0.25, 0.3) is 0 Å². The fourth-order valence-electron chi connectivity index (χ4n) is 1.47. The van der Waals surface area contributed by atoms with Gasteiger partial charge in [-0.05, 0) is 32.9 Å². The number of carbonyl (C=O) groups excluding carboxylic acids is 1. The van der Waals surface area contributed by atoms with Crippen molar-refractivity contribution < 1.29 is 13.9 Å². The highest BCUT2D eigenvalue weighted by Gasteiger charge is 2.16. The third-order valence-electron chi connectivity index (χ3n) is 2.13. The fraction of sp³-hybridized carbons (Fsp3) is 0.462. The van der Waals surface area contributed by atoms with E-state index in [0.29, 0.717) is 12.3 Å². The van der Waals surface area contributed by atoms with E-state index in [-0.39, 0.29) is 18.1 Å². The lowest BCUT2D eigenvalue weighted by molar-refractivity contribution is -0.117. The Bertz CT molecular complexity index is 427. The Morgan fingerprint density at radius 2 is 2.17 bits per heavy atom. The number of benzene rings is 1. The lowest BCUT2D eigenvalue weighted by Crippen LogP contribution is -2.36. The van der Waals surface area contributed by atoms with E-state index in [9.17, 15) is 9.18 Å². The van der Waals surface area contributed by atoms with Crippen molar-refractivity contribution in [1.82, 2.24) is 0 Å². The van der Waals surface area contributed by atoms with Crippen LogP contribution >= 0.6 is 0 Å². The molecule has 0 saturated heterocycles. The monoisotopic (exact) mass is 254 g/mol. The van der Waals surface area contributed by atoms with Gasteiger partial charge in [-0.2, -0.15) is 0 Å². The highest BCUT2D eigenvalue weighted by molar-refractivity contribution is 5.91. The number of halogens is 1. The van der Waals surface area contributed by atoms with Gasteiger partial charge in [-0.25, -0.2) is 4.39 Å². The minimum Gasteiger partial charge on any atom is -0.491 e. The zero-order valence-corrected chi connectivity index (χ0v) is 10.9. The standard InChI is InChI=1S/C13H19FN2O2/c1-4-18-11-6-5-9(7-10(11)14)16-12(17)8-13(2,3)15/h5-7H,4,8,15H2,1-3H3,(H,16,17). The molecule has 1 aromatic rings. The third kappa shape index (κ3) is 4.71. The molecule has 1 aromatic carbocycles. The maximum absolute atomic E-state index is 13.5. The Labute approximate surface area is 106 Å². The number of rotatable bonds is 5. The molecule has 3 N–H and O–H groups in total. The Morgan fingerprint density at radius 1 is 1.50 bits per heavy atom. The maximum atomic E-state index is 13.5. The summed E-state index contributed by atoms with van der Waals surface area (Å²) in [5.41, 5.74) is 5.53. The number of ether oxygens (including phenoxy) is 1. The average molecular weight is 254 g/mol. The van der Waals surface area contributed by atoms with E-state index in [1.807, 2.05) is 0 Å². The van der Waals surface area contributed by atoms with Crippen LogP contribution in [0.3, 0.4) is 0 Å². The van der Waals surface area contributed by atoms with Gasteiger partial charge in [0.05, 0.1) is 6.61 Å². The van der Waals surface area contributed by atoms with Crippen LogP contribution < -0.4 is 15.8 Å². The molecule has 0 radical (unpaired) electrons. The van der Waals surface area contributed by atoms with Crippen LogP contribution in [0.5, 0.6) is 5.75 Å². The predicted octanol–water partition coefficient (Wildman–Crippen LogP) is 2.29. The molecule has 0 aliphatic carbocycles. The minimum atomic E-state index is -0.589. The van der Waals surface area contributed by atoms with Crippen LogP contribution in [0, 0.1) is 5.82 Å². The summed E-state index contributed by atoms with van der Waals surface area (Å²) >= 11 is 0. The first-order valence-corrected chi connectivity index (χ1v) is 5.83. The van der Waals surface area contributed by atoms with Crippen LogP contribution in [0.1, 0.15) is 27.2 Å². The molecule has 0 aliphatic rings. The number of nitrogens with one attached hydrogen (secondary N) is 1. The van der Waals surface area contributed by atoms with E-state index < -0.39 is 11.4 Å². The number of hydrogen-bond acceptors (Lipinski definition) is 3. The highest BCUT2D eigenvalue weighted by atomic mass is 19.1. The highest BCUT2D eigenvalue weighted by Crippen LogP contribution is 2.21. The second-order valence-electron chi connectivity index (χ2n) is 4.79. The molecule has 0 aromatic heterocycles. The summed E-state index contributed by atoms with van der Waals surface area (Å²) in [6, 6.07) is 4.31. The SMILES string of the molecule is CCOc1ccc(NC(=O)CC(C)(C)N)cc1F. The summed E-state index contributed by atoms with van der Waals surface area (Å²) in [5.74, 6) is -0.567. The molecule has 0 bridgehead atoms. The summed E-state index contributed by atoms with van der Waals surface area (Å²) in [4.78, 5) is 11.6. The minimum absolute atomic E-state index is 0.168. The quantitative estimate of drug-likeness (QED) is 0.847. The van der Waals surface area contributed by atoms with E-state index in [1.165, 1.54) is 12.1 Å². The predicted molar refractivity (Wildman–Crippen MR) is 69.1 cm³/mol. The van der Waals surface area contributed by atoms with Crippen molar-refractivity contribution >= 4 is 11.6 Å². The van der Waals surface area contributed by atoms with Crippen molar-refractivity contribution in [2.24, 2.45) is 5.73 Å². The second kappa shape index (κ2) is 5.82. The van der Waals surface area contributed by atoms with Gasteiger partial charge >= 0.3 is 0 Å². The Morgan fingerprint density at radius 3 is 2.67 bits per heavy atom. The van der Waals surface area contributed by atoms with Gasteiger partial charge in [0.1, 0.15) is 0 Å². The van der Waals surface area contributed by atoms with Crippen molar-refractivity contribution in [3.8, 4) is 5.75 Å². The van der Waals surface area contributed by atoms with Crippen molar-refractivity contribution in [2.75, 3.05) is 11.9 Å². The molecule has 0 saturated carbocycles. The number of amides is 1. The van der Waals surface area contributed by atoms with Gasteiger partial charge in [0.15, 0.2) is 11.6 Å². The zero-order valence-electron chi connectivity index (χ0n) is 10.9. The Kier molecular flexibility index (Phi) is 4.67. The lowest BCUT2D eigenvalue weighted by Gasteiger charge is -2.17. The van der Waals surface area contributed by atoms with E-state index in [4.69, 9.17) is 10.5 Å². The van der Waals surface area contributed by atoms with Gasteiger partial charge in [0, 0.05) is 23.7 Å². The smallest absolute Gasteiger partial charge is 0.226 e. The van der Waals surface area contributed by atoms with Gasteiger partial charge < -0.3 is 15.8 Å². The van der Waals surface area contributed by atoms with Crippen LogP contribution in [0.2, 0.25) is 0 Å². The molecule has 0 unspecified atom stereocenters. The molecular weight excluding hydrogens is 235 g/mol. The molecule has 100 valence electrons. The average Bonchev–Trinajstić information content (AvgIpc) is 2.19. The molecule has 0 aliphatic heterocycles. The molecule has 18 heavy (non-hydrogen) atoms. The number of hydrogen-bond donors (Lipinski definition) is 2. The third-order valence-corrected chi connectivity index (χ3v) is 2.13. The van der Waals surface area contributed by atoms with E-state index in [0.717, 1.165) is 0 Å². The van der Waals surface area contributed by atoms with E-state index in [1.54, 1.807) is 26.8 Å². The van der Waals surface area contributed by atoms with Gasteiger partial charge in [-0.1, -0.05) is 0 Å². The molecule has 0 spiro atoms. The van der Waals surface area contributed by atoms with Gasteiger partial charge in [0.2, 0.25) is 5.91 Å². The Balaban J connectivity index is 2.69. The summed E-state index contributed by atoms with van der Waals surface area (Å²) in [5, 5.41) is 2.59. The first-order chi connectivity index (χ1) is 8.31. The van der Waals surface area contributed by atoms with Crippen molar-refractivity contribution in [2.45, 2.75) is 32.7 Å². The van der Waals surface area contributed by atoms with Crippen LogP contribution in [0.15, 0.2) is 18.2 Å². The maximum Gasteiger partial charge on any atom is 0.226 e. The van der Waals surface area contributed by atoms with Crippen molar-refractivity contribution in [3.05, 3.63) is 24.0 Å². The first kappa shape index (κ1) is 14.4. The largest absolute Gasteiger partial charge is 0.491 e. The zero-order chi connectivity index (χ0) is 13.8. The number of nitrogens with two attached hydrogens (primary N) is 1. The molecule has 1 amide bonds. The first-order valence-electron chi connectivity index (χ1n) is 5.83. The molecule has 0 atom stereocenters. The molecule has 4 nitrogen and oxygen atoms in total. The topological polar surface area (TPSA) is 64.3 Å². The summed E-state index contributed by atoms with van der Waals surface area (Å²) in [7, 11) is 0. The molecule has 0 fully saturated rings. The molecule has 0 heterocycles. The van der Waals surface area contributed by atoms with Crippen molar-refractivity contribution in [1.29, 1.82) is 0 Å². The van der Waals surface area contributed by atoms with Crippen LogP contribution in [0.25, 0.3) is 0 Å².